The van der Waals surface area contributed by atoms with Crippen molar-refractivity contribution in [1.29, 1.82) is 0 Å². The van der Waals surface area contributed by atoms with Crippen LogP contribution in [0.4, 0.5) is 5.82 Å². The molecule has 1 aromatic heterocycles. The monoisotopic (exact) mass is 262 g/mol. The summed E-state index contributed by atoms with van der Waals surface area (Å²) < 4.78 is 4.78. The van der Waals surface area contributed by atoms with Crippen LogP contribution in [-0.4, -0.2) is 49.4 Å². The third kappa shape index (κ3) is 3.27. The summed E-state index contributed by atoms with van der Waals surface area (Å²) in [4.78, 5) is 26.0. The van der Waals surface area contributed by atoms with Crippen molar-refractivity contribution in [2.75, 3.05) is 32.1 Å². The minimum absolute atomic E-state index is 0.0137. The molecule has 1 saturated heterocycles. The molecule has 2 rings (SSSR count). The summed E-state index contributed by atoms with van der Waals surface area (Å²) in [5, 5.41) is 0. The fourth-order valence-electron chi connectivity index (χ4n) is 2.25. The van der Waals surface area contributed by atoms with Gasteiger partial charge in [-0.3, -0.25) is 9.79 Å². The van der Waals surface area contributed by atoms with Crippen molar-refractivity contribution in [3.8, 4) is 0 Å². The first-order valence-electron chi connectivity index (χ1n) is 6.31. The van der Waals surface area contributed by atoms with Crippen LogP contribution in [0.1, 0.15) is 18.5 Å². The molecule has 0 bridgehead atoms. The van der Waals surface area contributed by atoms with E-state index in [2.05, 4.69) is 19.9 Å². The Bertz CT molecular complexity index is 467. The minimum atomic E-state index is -0.110. The number of hydrogen-bond donors (Lipinski definition) is 0. The molecular formula is C13H18N4O2. The Hall–Kier alpha value is -1.98. The van der Waals surface area contributed by atoms with Gasteiger partial charge in [0.05, 0.1) is 18.7 Å². The number of carbonyl (C=O) groups excluding carboxylic acids is 1. The number of methoxy groups -OCH3 is 1. The summed E-state index contributed by atoms with van der Waals surface area (Å²) >= 11 is 0. The second-order valence-corrected chi connectivity index (χ2v) is 4.47. The van der Waals surface area contributed by atoms with E-state index in [1.54, 1.807) is 19.6 Å². The van der Waals surface area contributed by atoms with Crippen LogP contribution in [0.3, 0.4) is 0 Å². The normalized spacial score (nSPS) is 16.8. The molecule has 0 spiro atoms. The largest absolute Gasteiger partial charge is 0.469 e. The van der Waals surface area contributed by atoms with Crippen molar-refractivity contribution in [1.82, 2.24) is 9.97 Å². The van der Waals surface area contributed by atoms with Crippen molar-refractivity contribution in [3.63, 3.8) is 0 Å². The van der Waals surface area contributed by atoms with Gasteiger partial charge in [-0.25, -0.2) is 9.97 Å². The summed E-state index contributed by atoms with van der Waals surface area (Å²) in [6, 6.07) is 1.91. The molecule has 6 nitrogen and oxygen atoms in total. The van der Waals surface area contributed by atoms with Crippen LogP contribution in [0, 0.1) is 5.92 Å². The smallest absolute Gasteiger partial charge is 0.308 e. The van der Waals surface area contributed by atoms with Gasteiger partial charge in [0.2, 0.25) is 0 Å². The van der Waals surface area contributed by atoms with Crippen LogP contribution in [-0.2, 0) is 9.53 Å². The van der Waals surface area contributed by atoms with Crippen molar-refractivity contribution in [3.05, 3.63) is 18.1 Å². The highest BCUT2D eigenvalue weighted by Crippen LogP contribution is 2.22. The van der Waals surface area contributed by atoms with Gasteiger partial charge in [0, 0.05) is 32.4 Å². The van der Waals surface area contributed by atoms with Crippen LogP contribution in [0.15, 0.2) is 17.4 Å². The first-order valence-corrected chi connectivity index (χ1v) is 6.31. The third-order valence-corrected chi connectivity index (χ3v) is 3.29. The van der Waals surface area contributed by atoms with E-state index in [0.717, 1.165) is 37.4 Å². The lowest BCUT2D eigenvalue weighted by Gasteiger charge is -2.31. The molecule has 2 heterocycles. The molecule has 0 aliphatic carbocycles. The van der Waals surface area contributed by atoms with Crippen molar-refractivity contribution >= 4 is 18.0 Å². The average molecular weight is 262 g/mol. The van der Waals surface area contributed by atoms with E-state index in [4.69, 9.17) is 4.74 Å². The van der Waals surface area contributed by atoms with Gasteiger partial charge in [0.25, 0.3) is 0 Å². The highest BCUT2D eigenvalue weighted by Gasteiger charge is 2.26. The van der Waals surface area contributed by atoms with Gasteiger partial charge in [-0.15, -0.1) is 0 Å². The number of rotatable bonds is 3. The Morgan fingerprint density at radius 2 is 2.21 bits per heavy atom. The maximum absolute atomic E-state index is 11.5. The fraction of sp³-hybridized carbons (Fsp3) is 0.538. The zero-order valence-electron chi connectivity index (χ0n) is 11.2. The first-order chi connectivity index (χ1) is 9.24. The molecule has 1 aliphatic rings. The summed E-state index contributed by atoms with van der Waals surface area (Å²) in [5.74, 6) is 0.786. The molecule has 0 unspecified atom stereocenters. The Kier molecular flexibility index (Phi) is 4.43. The summed E-state index contributed by atoms with van der Waals surface area (Å²) in [6.07, 6.45) is 4.84. The van der Waals surface area contributed by atoms with Gasteiger partial charge in [-0.2, -0.15) is 0 Å². The maximum Gasteiger partial charge on any atom is 0.308 e. The standard InChI is InChI=1S/C13H18N4O2/c1-14-8-11-7-12(16-9-15-11)17-5-3-10(4-6-17)13(18)19-2/h7-10H,3-6H2,1-2H3. The number of ether oxygens (including phenoxy) is 1. The Labute approximate surface area is 112 Å². The maximum atomic E-state index is 11.5. The molecule has 6 heteroatoms. The zero-order valence-corrected chi connectivity index (χ0v) is 11.2. The number of piperidine rings is 1. The minimum Gasteiger partial charge on any atom is -0.469 e. The van der Waals surface area contributed by atoms with Crippen LogP contribution in [0.5, 0.6) is 0 Å². The molecule has 1 fully saturated rings. The third-order valence-electron chi connectivity index (χ3n) is 3.29. The van der Waals surface area contributed by atoms with Crippen LogP contribution in [0.25, 0.3) is 0 Å². The van der Waals surface area contributed by atoms with E-state index in [0.29, 0.717) is 0 Å². The number of nitrogens with zero attached hydrogens (tertiary/aromatic N) is 4. The molecule has 0 saturated carbocycles. The molecule has 0 N–H and O–H groups in total. The lowest BCUT2D eigenvalue weighted by Crippen LogP contribution is -2.37. The lowest BCUT2D eigenvalue weighted by molar-refractivity contribution is -0.146. The zero-order chi connectivity index (χ0) is 13.7. The quantitative estimate of drug-likeness (QED) is 0.598. The molecule has 19 heavy (non-hydrogen) atoms. The van der Waals surface area contributed by atoms with Gasteiger partial charge in [-0.05, 0) is 12.8 Å². The average Bonchev–Trinajstić information content (AvgIpc) is 2.47. The molecule has 1 aliphatic heterocycles. The topological polar surface area (TPSA) is 67.7 Å². The predicted molar refractivity (Wildman–Crippen MR) is 72.5 cm³/mol. The lowest BCUT2D eigenvalue weighted by atomic mass is 9.97. The Balaban J connectivity index is 2.01. The number of aromatic nitrogens is 2. The van der Waals surface area contributed by atoms with Crippen LogP contribution in [0.2, 0.25) is 0 Å². The van der Waals surface area contributed by atoms with Gasteiger partial charge in [0.15, 0.2) is 0 Å². The molecular weight excluding hydrogens is 244 g/mol. The second-order valence-electron chi connectivity index (χ2n) is 4.47. The molecule has 1 aromatic rings. The first kappa shape index (κ1) is 13.5. The predicted octanol–water partition coefficient (Wildman–Crippen LogP) is 0.915. The summed E-state index contributed by atoms with van der Waals surface area (Å²) in [6.45, 7) is 1.61. The molecule has 102 valence electrons. The van der Waals surface area contributed by atoms with Gasteiger partial charge < -0.3 is 9.64 Å². The van der Waals surface area contributed by atoms with Crippen molar-refractivity contribution in [2.45, 2.75) is 12.8 Å². The number of esters is 1. The molecule has 0 radical (unpaired) electrons. The number of carbonyl (C=O) groups is 1. The molecule has 0 amide bonds. The highest BCUT2D eigenvalue weighted by molar-refractivity contribution is 5.78. The second kappa shape index (κ2) is 6.26. The van der Waals surface area contributed by atoms with Crippen molar-refractivity contribution < 1.29 is 9.53 Å². The van der Waals surface area contributed by atoms with Crippen LogP contribution >= 0.6 is 0 Å². The van der Waals surface area contributed by atoms with Crippen LogP contribution < -0.4 is 4.90 Å². The van der Waals surface area contributed by atoms with E-state index in [1.165, 1.54) is 7.11 Å². The summed E-state index contributed by atoms with van der Waals surface area (Å²) in [7, 11) is 3.15. The number of hydrogen-bond acceptors (Lipinski definition) is 6. The number of aliphatic imine (C=N–C) groups is 1. The van der Waals surface area contributed by atoms with E-state index in [9.17, 15) is 4.79 Å². The molecule has 0 aromatic carbocycles. The molecule has 0 atom stereocenters. The van der Waals surface area contributed by atoms with Crippen molar-refractivity contribution in [2.24, 2.45) is 10.9 Å². The Morgan fingerprint density at radius 1 is 1.47 bits per heavy atom. The highest BCUT2D eigenvalue weighted by atomic mass is 16.5. The SMILES string of the molecule is CN=Cc1cc(N2CCC(C(=O)OC)CC2)ncn1. The number of anilines is 1. The van der Waals surface area contributed by atoms with E-state index >= 15 is 0 Å². The van der Waals surface area contributed by atoms with Gasteiger partial charge >= 0.3 is 5.97 Å². The fourth-order valence-corrected chi connectivity index (χ4v) is 2.25. The van der Waals surface area contributed by atoms with E-state index in [-0.39, 0.29) is 11.9 Å². The van der Waals surface area contributed by atoms with Gasteiger partial charge in [0.1, 0.15) is 12.1 Å². The van der Waals surface area contributed by atoms with Gasteiger partial charge in [-0.1, -0.05) is 0 Å². The van der Waals surface area contributed by atoms with E-state index < -0.39 is 0 Å². The van der Waals surface area contributed by atoms with E-state index in [1.807, 2.05) is 6.07 Å². The summed E-state index contributed by atoms with van der Waals surface area (Å²) in [5.41, 5.74) is 0.794. The Morgan fingerprint density at radius 3 is 2.84 bits per heavy atom.